The maximum atomic E-state index is 10.5. The van der Waals surface area contributed by atoms with Crippen molar-refractivity contribution < 1.29 is 14.9 Å². The topological polar surface area (TPSA) is 61.7 Å². The third-order valence-electron chi connectivity index (χ3n) is 6.57. The normalized spacial score (nSPS) is 33.3. The molecule has 0 bridgehead atoms. The molecule has 2 aliphatic carbocycles. The molecule has 2 fully saturated rings. The first-order chi connectivity index (χ1) is 11.6. The number of hydrogen-bond acceptors (Lipinski definition) is 4. The monoisotopic (exact) mass is 331 g/mol. The van der Waals surface area contributed by atoms with Crippen LogP contribution in [0.1, 0.15) is 56.1 Å². The van der Waals surface area contributed by atoms with Crippen molar-refractivity contribution >= 4 is 0 Å². The molecule has 0 spiro atoms. The van der Waals surface area contributed by atoms with E-state index >= 15 is 0 Å². The van der Waals surface area contributed by atoms with Crippen LogP contribution in [0.5, 0.6) is 11.5 Å². The molecule has 1 aromatic carbocycles. The van der Waals surface area contributed by atoms with Crippen LogP contribution in [-0.2, 0) is 0 Å². The molecule has 4 nitrogen and oxygen atoms in total. The van der Waals surface area contributed by atoms with Crippen molar-refractivity contribution in [3.8, 4) is 11.5 Å². The van der Waals surface area contributed by atoms with Crippen LogP contribution in [0, 0.1) is 18.8 Å². The van der Waals surface area contributed by atoms with Gasteiger partial charge in [-0.1, -0.05) is 12.5 Å². The summed E-state index contributed by atoms with van der Waals surface area (Å²) in [5, 5.41) is 24.4. The highest BCUT2D eigenvalue weighted by Gasteiger charge is 2.49. The molecule has 0 saturated heterocycles. The van der Waals surface area contributed by atoms with Crippen molar-refractivity contribution in [1.29, 1.82) is 0 Å². The lowest BCUT2D eigenvalue weighted by Crippen LogP contribution is -2.48. The van der Waals surface area contributed by atoms with Crippen LogP contribution in [0.4, 0.5) is 0 Å². The van der Waals surface area contributed by atoms with Crippen molar-refractivity contribution in [3.05, 3.63) is 23.3 Å². The summed E-state index contributed by atoms with van der Waals surface area (Å²) in [6.07, 6.45) is 5.19. The number of aliphatic hydroxyl groups is 1. The number of aromatic hydroxyl groups is 1. The first kappa shape index (κ1) is 16.2. The lowest BCUT2D eigenvalue weighted by molar-refractivity contribution is -0.0164. The van der Waals surface area contributed by atoms with Crippen molar-refractivity contribution in [1.82, 2.24) is 5.32 Å². The summed E-state index contributed by atoms with van der Waals surface area (Å²) in [4.78, 5) is 0. The molecule has 0 aromatic heterocycles. The number of aryl methyl sites for hydroxylation is 1. The molecule has 3 N–H and O–H groups in total. The summed E-state index contributed by atoms with van der Waals surface area (Å²) < 4.78 is 6.05. The minimum Gasteiger partial charge on any atom is -0.504 e. The van der Waals surface area contributed by atoms with Gasteiger partial charge in [0.05, 0.1) is 6.10 Å². The van der Waals surface area contributed by atoms with Gasteiger partial charge in [0.2, 0.25) is 0 Å². The number of nitrogens with one attached hydrogen (secondary N) is 1. The number of phenols is 1. The number of rotatable bonds is 4. The third-order valence-corrected chi connectivity index (χ3v) is 6.57. The van der Waals surface area contributed by atoms with Gasteiger partial charge in [-0.05, 0) is 69.5 Å². The molecule has 3 aliphatic rings. The lowest BCUT2D eigenvalue weighted by Gasteiger charge is -2.40. The van der Waals surface area contributed by atoms with E-state index < -0.39 is 6.10 Å². The molecule has 4 heteroatoms. The van der Waals surface area contributed by atoms with E-state index in [1.165, 1.54) is 19.3 Å². The van der Waals surface area contributed by atoms with Gasteiger partial charge in [-0.25, -0.2) is 0 Å². The van der Waals surface area contributed by atoms with Gasteiger partial charge in [0.15, 0.2) is 11.5 Å². The summed E-state index contributed by atoms with van der Waals surface area (Å²) in [5.41, 5.74) is 2.27. The van der Waals surface area contributed by atoms with Gasteiger partial charge in [0.1, 0.15) is 6.10 Å². The fourth-order valence-electron chi connectivity index (χ4n) is 4.84. The Kier molecular flexibility index (Phi) is 4.21. The number of aliphatic hydroxyl groups excluding tert-OH is 1. The van der Waals surface area contributed by atoms with Crippen LogP contribution in [0.15, 0.2) is 12.1 Å². The first-order valence-corrected chi connectivity index (χ1v) is 9.47. The molecule has 1 aliphatic heterocycles. The lowest BCUT2D eigenvalue weighted by atomic mass is 9.69. The smallest absolute Gasteiger partial charge is 0.165 e. The molecule has 1 aromatic rings. The summed E-state index contributed by atoms with van der Waals surface area (Å²) in [5.74, 6) is 2.24. The van der Waals surface area contributed by atoms with Gasteiger partial charge >= 0.3 is 0 Å². The van der Waals surface area contributed by atoms with Crippen molar-refractivity contribution in [2.24, 2.45) is 11.8 Å². The zero-order valence-electron chi connectivity index (χ0n) is 14.7. The van der Waals surface area contributed by atoms with Gasteiger partial charge < -0.3 is 20.3 Å². The van der Waals surface area contributed by atoms with E-state index in [9.17, 15) is 10.2 Å². The average molecular weight is 331 g/mol. The first-order valence-electron chi connectivity index (χ1n) is 9.47. The van der Waals surface area contributed by atoms with Crippen LogP contribution in [0.2, 0.25) is 0 Å². The fourth-order valence-corrected chi connectivity index (χ4v) is 4.84. The zero-order valence-corrected chi connectivity index (χ0v) is 14.7. The quantitative estimate of drug-likeness (QED) is 0.793. The average Bonchev–Trinajstić information content (AvgIpc) is 2.92. The van der Waals surface area contributed by atoms with E-state index in [4.69, 9.17) is 4.74 Å². The second-order valence-electron chi connectivity index (χ2n) is 8.06. The Labute approximate surface area is 144 Å². The van der Waals surface area contributed by atoms with Crippen LogP contribution in [0.3, 0.4) is 0 Å². The molecule has 4 rings (SSSR count). The van der Waals surface area contributed by atoms with E-state index in [0.29, 0.717) is 17.7 Å². The minimum atomic E-state index is -0.448. The molecular weight excluding hydrogens is 302 g/mol. The van der Waals surface area contributed by atoms with E-state index in [-0.39, 0.29) is 17.8 Å². The van der Waals surface area contributed by atoms with E-state index in [0.717, 1.165) is 36.4 Å². The van der Waals surface area contributed by atoms with Gasteiger partial charge in [-0.3, -0.25) is 0 Å². The van der Waals surface area contributed by atoms with Gasteiger partial charge in [0.25, 0.3) is 0 Å². The Bertz CT molecular complexity index is 613. The Morgan fingerprint density at radius 1 is 1.25 bits per heavy atom. The fraction of sp³-hybridized carbons (Fsp3) is 0.700. The SMILES string of the molecule is Cc1ccc(O)c2c1C1C(C(C)NCC3CCC3)CCC(O)C1O2. The van der Waals surface area contributed by atoms with Crippen LogP contribution in [0.25, 0.3) is 0 Å². The molecule has 0 radical (unpaired) electrons. The number of hydrogen-bond donors (Lipinski definition) is 3. The Morgan fingerprint density at radius 2 is 2.04 bits per heavy atom. The summed E-state index contributed by atoms with van der Waals surface area (Å²) in [6, 6.07) is 4.05. The van der Waals surface area contributed by atoms with Crippen molar-refractivity contribution in [2.45, 2.75) is 70.1 Å². The Balaban J connectivity index is 1.59. The van der Waals surface area contributed by atoms with E-state index in [1.54, 1.807) is 6.07 Å². The van der Waals surface area contributed by atoms with Crippen LogP contribution >= 0.6 is 0 Å². The number of benzene rings is 1. The molecule has 132 valence electrons. The molecule has 5 unspecified atom stereocenters. The minimum absolute atomic E-state index is 0.166. The second kappa shape index (κ2) is 6.23. The number of phenolic OH excluding ortho intramolecular Hbond substituents is 1. The highest BCUT2D eigenvalue weighted by atomic mass is 16.5. The van der Waals surface area contributed by atoms with Crippen LogP contribution < -0.4 is 10.1 Å². The predicted molar refractivity (Wildman–Crippen MR) is 93.5 cm³/mol. The predicted octanol–water partition coefficient (Wildman–Crippen LogP) is 3.09. The summed E-state index contributed by atoms with van der Waals surface area (Å²) in [7, 11) is 0. The van der Waals surface area contributed by atoms with Gasteiger partial charge in [-0.15, -0.1) is 0 Å². The zero-order chi connectivity index (χ0) is 16.8. The van der Waals surface area contributed by atoms with Gasteiger partial charge in [0, 0.05) is 17.5 Å². The maximum absolute atomic E-state index is 10.5. The Hall–Kier alpha value is -1.26. The van der Waals surface area contributed by atoms with Crippen LogP contribution in [-0.4, -0.2) is 35.0 Å². The summed E-state index contributed by atoms with van der Waals surface area (Å²) >= 11 is 0. The van der Waals surface area contributed by atoms with Gasteiger partial charge in [-0.2, -0.15) is 0 Å². The largest absolute Gasteiger partial charge is 0.504 e. The highest BCUT2D eigenvalue weighted by molar-refractivity contribution is 5.55. The van der Waals surface area contributed by atoms with E-state index in [1.807, 2.05) is 6.07 Å². The van der Waals surface area contributed by atoms with Crippen molar-refractivity contribution in [2.75, 3.05) is 6.54 Å². The molecule has 2 saturated carbocycles. The molecular formula is C20H29NO3. The standard InChI is InChI=1S/C20H29NO3/c1-11-6-8-15(22)19-17(11)18-14(7-9-16(23)20(18)24-19)12(2)21-10-13-4-3-5-13/h6,8,12-14,16,18,20-23H,3-5,7,9-10H2,1-2H3. The highest BCUT2D eigenvalue weighted by Crippen LogP contribution is 2.53. The molecule has 1 heterocycles. The summed E-state index contributed by atoms with van der Waals surface area (Å²) in [6.45, 7) is 5.45. The third kappa shape index (κ3) is 2.60. The molecule has 0 amide bonds. The van der Waals surface area contributed by atoms with E-state index in [2.05, 4.69) is 19.2 Å². The Morgan fingerprint density at radius 3 is 2.75 bits per heavy atom. The molecule has 5 atom stereocenters. The molecule has 24 heavy (non-hydrogen) atoms. The van der Waals surface area contributed by atoms with Crippen molar-refractivity contribution in [3.63, 3.8) is 0 Å². The number of ether oxygens (including phenoxy) is 1. The maximum Gasteiger partial charge on any atom is 0.165 e. The number of fused-ring (bicyclic) bond motifs is 3. The second-order valence-corrected chi connectivity index (χ2v) is 8.06.